The van der Waals surface area contributed by atoms with Crippen molar-refractivity contribution in [2.24, 2.45) is 11.8 Å². The van der Waals surface area contributed by atoms with Crippen molar-refractivity contribution in [3.05, 3.63) is 35.2 Å². The lowest BCUT2D eigenvalue weighted by Crippen LogP contribution is -2.42. The van der Waals surface area contributed by atoms with Gasteiger partial charge in [0.05, 0.1) is 12.0 Å². The summed E-state index contributed by atoms with van der Waals surface area (Å²) < 4.78 is 5.40. The lowest BCUT2D eigenvalue weighted by molar-refractivity contribution is -0.135. The van der Waals surface area contributed by atoms with E-state index in [0.29, 0.717) is 31.1 Å². The molecule has 1 aliphatic heterocycles. The van der Waals surface area contributed by atoms with Gasteiger partial charge in [-0.2, -0.15) is 0 Å². The van der Waals surface area contributed by atoms with Crippen molar-refractivity contribution in [2.45, 2.75) is 32.1 Å². The van der Waals surface area contributed by atoms with Crippen molar-refractivity contribution >= 4 is 28.3 Å². The Morgan fingerprint density at radius 3 is 2.80 bits per heavy atom. The highest BCUT2D eigenvalue weighted by Crippen LogP contribution is 2.48. The molecular formula is C18H21N3O3S. The molecule has 132 valence electrons. The Kier molecular flexibility index (Phi) is 4.33. The zero-order valence-corrected chi connectivity index (χ0v) is 14.9. The standard InChI is InChI=1S/C18H21N3O3S/c1-11-10-25-18(19-11)20-16(22)12-4-6-21(7-5-12)17(23)14-9-13(14)15-3-2-8-24-15/h2-3,8,10,12-14H,4-7,9H2,1H3,(H,19,20,22)/t13-,14+/m1/s1. The van der Waals surface area contributed by atoms with Gasteiger partial charge in [-0.1, -0.05) is 0 Å². The molecular weight excluding hydrogens is 338 g/mol. The van der Waals surface area contributed by atoms with Crippen LogP contribution in [0.5, 0.6) is 0 Å². The van der Waals surface area contributed by atoms with Crippen LogP contribution in [0.25, 0.3) is 0 Å². The minimum absolute atomic E-state index is 0.0151. The number of amides is 2. The minimum atomic E-state index is -0.0478. The van der Waals surface area contributed by atoms with E-state index in [1.165, 1.54) is 11.3 Å². The molecule has 1 saturated heterocycles. The van der Waals surface area contributed by atoms with Crippen LogP contribution in [0.3, 0.4) is 0 Å². The third-order valence-electron chi connectivity index (χ3n) is 5.04. The summed E-state index contributed by atoms with van der Waals surface area (Å²) in [5.41, 5.74) is 0.913. The fourth-order valence-electron chi connectivity index (χ4n) is 3.50. The van der Waals surface area contributed by atoms with Gasteiger partial charge in [0.2, 0.25) is 11.8 Å². The Morgan fingerprint density at radius 2 is 2.16 bits per heavy atom. The fraction of sp³-hybridized carbons (Fsp3) is 0.500. The summed E-state index contributed by atoms with van der Waals surface area (Å²) in [6.07, 6.45) is 3.94. The van der Waals surface area contributed by atoms with Crippen LogP contribution in [0.15, 0.2) is 28.2 Å². The molecule has 4 rings (SSSR count). The monoisotopic (exact) mass is 359 g/mol. The summed E-state index contributed by atoms with van der Waals surface area (Å²) in [5.74, 6) is 1.36. The number of nitrogens with one attached hydrogen (secondary N) is 1. The molecule has 3 heterocycles. The number of hydrogen-bond donors (Lipinski definition) is 1. The minimum Gasteiger partial charge on any atom is -0.469 e. The summed E-state index contributed by atoms with van der Waals surface area (Å²) >= 11 is 1.44. The van der Waals surface area contributed by atoms with Crippen molar-refractivity contribution in [2.75, 3.05) is 18.4 Å². The van der Waals surface area contributed by atoms with Crippen molar-refractivity contribution in [1.82, 2.24) is 9.88 Å². The fourth-order valence-corrected chi connectivity index (χ4v) is 4.19. The second kappa shape index (κ2) is 6.63. The summed E-state index contributed by atoms with van der Waals surface area (Å²) in [6, 6.07) is 3.80. The predicted octanol–water partition coefficient (Wildman–Crippen LogP) is 3.03. The average molecular weight is 359 g/mol. The van der Waals surface area contributed by atoms with Gasteiger partial charge in [0, 0.05) is 36.2 Å². The molecule has 2 fully saturated rings. The van der Waals surface area contributed by atoms with Gasteiger partial charge in [0.15, 0.2) is 5.13 Å². The summed E-state index contributed by atoms with van der Waals surface area (Å²) in [7, 11) is 0. The maximum absolute atomic E-state index is 12.6. The quantitative estimate of drug-likeness (QED) is 0.910. The van der Waals surface area contributed by atoms with Crippen LogP contribution in [-0.4, -0.2) is 34.8 Å². The van der Waals surface area contributed by atoms with Crippen LogP contribution in [0.4, 0.5) is 5.13 Å². The molecule has 0 spiro atoms. The topological polar surface area (TPSA) is 75.4 Å². The highest BCUT2D eigenvalue weighted by Gasteiger charge is 2.48. The Bertz CT molecular complexity index is 762. The van der Waals surface area contributed by atoms with E-state index in [1.54, 1.807) is 6.26 Å². The first-order chi connectivity index (χ1) is 12.1. The lowest BCUT2D eigenvalue weighted by Gasteiger charge is -2.31. The normalized spacial score (nSPS) is 23.5. The maximum atomic E-state index is 12.6. The Hall–Kier alpha value is -2.15. The second-order valence-corrected chi connectivity index (χ2v) is 7.71. The lowest BCUT2D eigenvalue weighted by atomic mass is 9.95. The molecule has 0 aromatic carbocycles. The molecule has 2 aliphatic rings. The van der Waals surface area contributed by atoms with Crippen LogP contribution in [0, 0.1) is 18.8 Å². The Balaban J connectivity index is 1.27. The number of piperidine rings is 1. The average Bonchev–Trinajstić information content (AvgIpc) is 3.02. The van der Waals surface area contributed by atoms with E-state index in [9.17, 15) is 9.59 Å². The van der Waals surface area contributed by atoms with Crippen molar-refractivity contribution < 1.29 is 14.0 Å². The van der Waals surface area contributed by atoms with Crippen LogP contribution < -0.4 is 5.32 Å². The number of aryl methyl sites for hydroxylation is 1. The molecule has 0 unspecified atom stereocenters. The van der Waals surface area contributed by atoms with Gasteiger partial charge in [0.1, 0.15) is 5.76 Å². The summed E-state index contributed by atoms with van der Waals surface area (Å²) in [5, 5.41) is 5.46. The highest BCUT2D eigenvalue weighted by molar-refractivity contribution is 7.13. The first-order valence-corrected chi connectivity index (χ1v) is 9.55. The second-order valence-electron chi connectivity index (χ2n) is 6.85. The third kappa shape index (κ3) is 3.46. The zero-order chi connectivity index (χ0) is 17.4. The van der Waals surface area contributed by atoms with Gasteiger partial charge in [-0.15, -0.1) is 11.3 Å². The predicted molar refractivity (Wildman–Crippen MR) is 94.3 cm³/mol. The summed E-state index contributed by atoms with van der Waals surface area (Å²) in [6.45, 7) is 3.20. The smallest absolute Gasteiger partial charge is 0.229 e. The van der Waals surface area contributed by atoms with E-state index in [0.717, 1.165) is 17.9 Å². The van der Waals surface area contributed by atoms with Crippen LogP contribution in [-0.2, 0) is 9.59 Å². The van der Waals surface area contributed by atoms with E-state index < -0.39 is 0 Å². The van der Waals surface area contributed by atoms with Gasteiger partial charge in [0.25, 0.3) is 0 Å². The van der Waals surface area contributed by atoms with Gasteiger partial charge >= 0.3 is 0 Å². The Morgan fingerprint density at radius 1 is 1.36 bits per heavy atom. The number of furan rings is 1. The van der Waals surface area contributed by atoms with E-state index in [-0.39, 0.29) is 29.6 Å². The van der Waals surface area contributed by atoms with Gasteiger partial charge in [-0.3, -0.25) is 9.59 Å². The molecule has 6 nitrogen and oxygen atoms in total. The number of carbonyl (C=O) groups is 2. The number of hydrogen-bond acceptors (Lipinski definition) is 5. The zero-order valence-electron chi connectivity index (χ0n) is 14.1. The van der Waals surface area contributed by atoms with Gasteiger partial charge in [-0.25, -0.2) is 4.98 Å². The molecule has 2 amide bonds. The summed E-state index contributed by atoms with van der Waals surface area (Å²) in [4.78, 5) is 31.1. The van der Waals surface area contributed by atoms with E-state index in [2.05, 4.69) is 10.3 Å². The molecule has 1 saturated carbocycles. The van der Waals surface area contributed by atoms with Gasteiger partial charge in [-0.05, 0) is 38.3 Å². The number of carbonyl (C=O) groups excluding carboxylic acids is 2. The van der Waals surface area contributed by atoms with Crippen LogP contribution in [0.2, 0.25) is 0 Å². The maximum Gasteiger partial charge on any atom is 0.229 e. The molecule has 2 atom stereocenters. The number of anilines is 1. The SMILES string of the molecule is Cc1csc(NC(=O)C2CCN(C(=O)[C@H]3C[C@H]3c3ccco3)CC2)n1. The number of rotatable bonds is 4. The van der Waals surface area contributed by atoms with Crippen molar-refractivity contribution in [3.8, 4) is 0 Å². The highest BCUT2D eigenvalue weighted by atomic mass is 32.1. The van der Waals surface area contributed by atoms with Crippen molar-refractivity contribution in [3.63, 3.8) is 0 Å². The third-order valence-corrected chi connectivity index (χ3v) is 5.92. The first-order valence-electron chi connectivity index (χ1n) is 8.67. The molecule has 1 N–H and O–H groups in total. The molecule has 1 aliphatic carbocycles. The Labute approximate surface area is 150 Å². The molecule has 0 bridgehead atoms. The van der Waals surface area contributed by atoms with Crippen LogP contribution >= 0.6 is 11.3 Å². The van der Waals surface area contributed by atoms with Crippen LogP contribution in [0.1, 0.15) is 36.6 Å². The number of nitrogens with zero attached hydrogens (tertiary/aromatic N) is 2. The number of aromatic nitrogens is 1. The van der Waals surface area contributed by atoms with E-state index in [1.807, 2.05) is 29.3 Å². The molecule has 2 aromatic rings. The number of likely N-dealkylation sites (tertiary alicyclic amines) is 1. The van der Waals surface area contributed by atoms with Crippen molar-refractivity contribution in [1.29, 1.82) is 0 Å². The largest absolute Gasteiger partial charge is 0.469 e. The van der Waals surface area contributed by atoms with Gasteiger partial charge < -0.3 is 14.6 Å². The molecule has 0 radical (unpaired) electrons. The molecule has 7 heteroatoms. The molecule has 2 aromatic heterocycles. The number of thiazole rings is 1. The van der Waals surface area contributed by atoms with E-state index >= 15 is 0 Å². The van der Waals surface area contributed by atoms with E-state index in [4.69, 9.17) is 4.42 Å². The molecule has 25 heavy (non-hydrogen) atoms. The first kappa shape index (κ1) is 16.3.